The summed E-state index contributed by atoms with van der Waals surface area (Å²) in [5.41, 5.74) is -0.0237. The van der Waals surface area contributed by atoms with Gasteiger partial charge in [0.15, 0.2) is 5.65 Å². The molecule has 3 aromatic rings. The van der Waals surface area contributed by atoms with Gasteiger partial charge >= 0.3 is 6.18 Å². The van der Waals surface area contributed by atoms with Crippen molar-refractivity contribution in [2.75, 3.05) is 5.32 Å². The quantitative estimate of drug-likeness (QED) is 0.779. The average Bonchev–Trinajstić information content (AvgIpc) is 2.98. The number of nitrogens with one attached hydrogen (secondary N) is 1. The first-order valence-electron chi connectivity index (χ1n) is 7.64. The van der Waals surface area contributed by atoms with Crippen molar-refractivity contribution < 1.29 is 13.2 Å². The largest absolute Gasteiger partial charge is 0.416 e. The van der Waals surface area contributed by atoms with Crippen LogP contribution in [0.2, 0.25) is 0 Å². The summed E-state index contributed by atoms with van der Waals surface area (Å²) in [7, 11) is 0. The highest BCUT2D eigenvalue weighted by Crippen LogP contribution is 2.38. The van der Waals surface area contributed by atoms with Crippen molar-refractivity contribution in [2.24, 2.45) is 5.41 Å². The lowest BCUT2D eigenvalue weighted by Crippen LogP contribution is -2.27. The molecule has 1 atom stereocenters. The minimum absolute atomic E-state index is 0.360. The fourth-order valence-electron chi connectivity index (χ4n) is 2.57. The Morgan fingerprint density at radius 3 is 2.52 bits per heavy atom. The van der Waals surface area contributed by atoms with Crippen molar-refractivity contribution >= 4 is 11.5 Å². The Morgan fingerprint density at radius 2 is 1.84 bits per heavy atom. The van der Waals surface area contributed by atoms with E-state index in [1.807, 2.05) is 20.8 Å². The second-order valence-electron chi connectivity index (χ2n) is 6.81. The summed E-state index contributed by atoms with van der Waals surface area (Å²) >= 11 is 0. The van der Waals surface area contributed by atoms with Crippen molar-refractivity contribution in [1.29, 1.82) is 0 Å². The Labute approximate surface area is 142 Å². The molecule has 0 aliphatic carbocycles. The minimum atomic E-state index is -4.39. The van der Waals surface area contributed by atoms with Crippen LogP contribution in [0.15, 0.2) is 36.4 Å². The third kappa shape index (κ3) is 3.70. The molecular weight excluding hydrogens is 333 g/mol. The Balaban J connectivity index is 1.98. The maximum Gasteiger partial charge on any atom is 0.416 e. The maximum atomic E-state index is 13.0. The van der Waals surface area contributed by atoms with Crippen molar-refractivity contribution in [3.63, 3.8) is 0 Å². The molecule has 0 saturated carbocycles. The van der Waals surface area contributed by atoms with Gasteiger partial charge in [0.25, 0.3) is 0 Å². The van der Waals surface area contributed by atoms with E-state index in [2.05, 4.69) is 25.9 Å². The van der Waals surface area contributed by atoms with Gasteiger partial charge in [-0.05, 0) is 45.7 Å². The molecule has 0 radical (unpaired) electrons. The van der Waals surface area contributed by atoms with E-state index in [1.54, 1.807) is 18.2 Å². The maximum absolute atomic E-state index is 13.0. The van der Waals surface area contributed by atoms with E-state index in [4.69, 9.17) is 0 Å². The lowest BCUT2D eigenvalue weighted by molar-refractivity contribution is -0.137. The van der Waals surface area contributed by atoms with Crippen LogP contribution in [0.1, 0.15) is 37.9 Å². The standard InChI is InChI=1S/C16H17F3N6/c1-15(2,3)14(10-5-4-6-11(9-10)16(17,18)19)20-12-7-8-13-21-23-24-25(13)22-12/h4-9,14H,1-3H3,(H,20,22). The van der Waals surface area contributed by atoms with E-state index in [-0.39, 0.29) is 5.41 Å². The molecule has 6 nitrogen and oxygen atoms in total. The summed E-state index contributed by atoms with van der Waals surface area (Å²) in [4.78, 5) is 0. The summed E-state index contributed by atoms with van der Waals surface area (Å²) in [6.07, 6.45) is -4.39. The van der Waals surface area contributed by atoms with Gasteiger partial charge in [0.05, 0.1) is 11.6 Å². The number of rotatable bonds is 3. The third-order valence-corrected chi connectivity index (χ3v) is 3.78. The van der Waals surface area contributed by atoms with Crippen LogP contribution in [0, 0.1) is 5.41 Å². The molecule has 0 saturated heterocycles. The summed E-state index contributed by atoms with van der Waals surface area (Å²) in [5.74, 6) is 0.470. The number of tetrazole rings is 1. The molecule has 2 heterocycles. The van der Waals surface area contributed by atoms with Gasteiger partial charge in [-0.1, -0.05) is 32.9 Å². The molecule has 132 valence electrons. The molecule has 0 amide bonds. The van der Waals surface area contributed by atoms with Gasteiger partial charge in [0.2, 0.25) is 0 Å². The highest BCUT2D eigenvalue weighted by Gasteiger charge is 2.33. The Morgan fingerprint density at radius 1 is 1.08 bits per heavy atom. The number of hydrogen-bond acceptors (Lipinski definition) is 5. The number of hydrogen-bond donors (Lipinski definition) is 1. The van der Waals surface area contributed by atoms with E-state index in [1.165, 1.54) is 16.8 Å². The van der Waals surface area contributed by atoms with Crippen molar-refractivity contribution in [3.05, 3.63) is 47.5 Å². The van der Waals surface area contributed by atoms with Crippen molar-refractivity contribution in [1.82, 2.24) is 25.3 Å². The molecule has 0 spiro atoms. The molecule has 1 unspecified atom stereocenters. The molecule has 0 aliphatic rings. The number of alkyl halides is 3. The Bertz CT molecular complexity index is 881. The van der Waals surface area contributed by atoms with Crippen LogP contribution in [0.3, 0.4) is 0 Å². The fraction of sp³-hybridized carbons (Fsp3) is 0.375. The molecule has 1 N–H and O–H groups in total. The molecular formula is C16H17F3N6. The first-order chi connectivity index (χ1) is 11.6. The monoisotopic (exact) mass is 350 g/mol. The summed E-state index contributed by atoms with van der Waals surface area (Å²) < 4.78 is 40.4. The van der Waals surface area contributed by atoms with E-state index >= 15 is 0 Å². The second kappa shape index (κ2) is 5.98. The van der Waals surface area contributed by atoms with E-state index in [0.29, 0.717) is 17.0 Å². The van der Waals surface area contributed by atoms with Gasteiger partial charge in [-0.3, -0.25) is 0 Å². The van der Waals surface area contributed by atoms with Gasteiger partial charge < -0.3 is 5.32 Å². The lowest BCUT2D eigenvalue weighted by Gasteiger charge is -2.32. The predicted octanol–water partition coefficient (Wildman–Crippen LogP) is 3.74. The molecule has 1 aromatic carbocycles. The minimum Gasteiger partial charge on any atom is -0.361 e. The van der Waals surface area contributed by atoms with Crippen molar-refractivity contribution in [2.45, 2.75) is 33.0 Å². The first kappa shape index (κ1) is 17.1. The fourth-order valence-corrected chi connectivity index (χ4v) is 2.57. The molecule has 3 rings (SSSR count). The molecule has 25 heavy (non-hydrogen) atoms. The zero-order valence-electron chi connectivity index (χ0n) is 13.9. The Kier molecular flexibility index (Phi) is 4.09. The average molecular weight is 350 g/mol. The van der Waals surface area contributed by atoms with Crippen molar-refractivity contribution in [3.8, 4) is 0 Å². The zero-order valence-corrected chi connectivity index (χ0v) is 13.9. The first-order valence-corrected chi connectivity index (χ1v) is 7.64. The number of nitrogens with zero attached hydrogens (tertiary/aromatic N) is 5. The Hall–Kier alpha value is -2.71. The van der Waals surface area contributed by atoms with Gasteiger partial charge in [0, 0.05) is 0 Å². The van der Waals surface area contributed by atoms with Gasteiger partial charge in [-0.25, -0.2) is 0 Å². The van der Waals surface area contributed by atoms with Crippen LogP contribution in [-0.2, 0) is 6.18 Å². The number of anilines is 1. The van der Waals surface area contributed by atoms with Crippen LogP contribution in [-0.4, -0.2) is 25.3 Å². The topological polar surface area (TPSA) is 68.0 Å². The summed E-state index contributed by atoms with van der Waals surface area (Å²) in [6, 6.07) is 8.30. The van der Waals surface area contributed by atoms with E-state index in [9.17, 15) is 13.2 Å². The molecule has 9 heteroatoms. The number of halogens is 3. The van der Waals surface area contributed by atoms with Crippen LogP contribution >= 0.6 is 0 Å². The van der Waals surface area contributed by atoms with E-state index in [0.717, 1.165) is 6.07 Å². The number of fused-ring (bicyclic) bond motifs is 1. The highest BCUT2D eigenvalue weighted by molar-refractivity contribution is 5.45. The zero-order chi connectivity index (χ0) is 18.2. The van der Waals surface area contributed by atoms with Crippen LogP contribution < -0.4 is 5.32 Å². The van der Waals surface area contributed by atoms with Crippen LogP contribution in [0.4, 0.5) is 19.0 Å². The normalized spacial score (nSPS) is 13.8. The van der Waals surface area contributed by atoms with Crippen LogP contribution in [0.5, 0.6) is 0 Å². The smallest absolute Gasteiger partial charge is 0.361 e. The summed E-state index contributed by atoms with van der Waals surface area (Å²) in [6.45, 7) is 5.83. The number of benzene rings is 1. The molecule has 0 aliphatic heterocycles. The van der Waals surface area contributed by atoms with Gasteiger partial charge in [-0.15, -0.1) is 14.8 Å². The highest BCUT2D eigenvalue weighted by atomic mass is 19.4. The molecule has 0 bridgehead atoms. The predicted molar refractivity (Wildman–Crippen MR) is 85.8 cm³/mol. The summed E-state index contributed by atoms with van der Waals surface area (Å²) in [5, 5.41) is 18.4. The van der Waals surface area contributed by atoms with Gasteiger partial charge in [-0.2, -0.15) is 13.2 Å². The molecule has 2 aromatic heterocycles. The second-order valence-corrected chi connectivity index (χ2v) is 6.81. The number of aromatic nitrogens is 5. The SMILES string of the molecule is CC(C)(C)C(Nc1ccc2nnnn2n1)c1cccc(C(F)(F)F)c1. The lowest BCUT2D eigenvalue weighted by atomic mass is 9.82. The van der Waals surface area contributed by atoms with E-state index < -0.39 is 17.8 Å². The molecule has 0 fully saturated rings. The third-order valence-electron chi connectivity index (χ3n) is 3.78. The van der Waals surface area contributed by atoms with Crippen LogP contribution in [0.25, 0.3) is 5.65 Å². The van der Waals surface area contributed by atoms with Gasteiger partial charge in [0.1, 0.15) is 5.82 Å².